The lowest BCUT2D eigenvalue weighted by atomic mass is 10.0. The van der Waals surface area contributed by atoms with E-state index in [1.807, 2.05) is 24.3 Å². The molecule has 2 aromatic carbocycles. The normalized spacial score (nSPS) is 11.0. The fraction of sp³-hybridized carbons (Fsp3) is 0.250. The second kappa shape index (κ2) is 13.6. The molecule has 0 amide bonds. The Bertz CT molecular complexity index is 962. The molecular weight excluding hydrogens is 432 g/mol. The minimum Gasteiger partial charge on any atom is -0.493 e. The van der Waals surface area contributed by atoms with Gasteiger partial charge >= 0.3 is 5.97 Å². The number of carbonyl (C=O) groups excluding carboxylic acids is 3. The lowest BCUT2D eigenvalue weighted by Gasteiger charge is -2.20. The Balaban J connectivity index is 2.17. The van der Waals surface area contributed by atoms with E-state index in [0.717, 1.165) is 11.1 Å². The fourth-order valence-corrected chi connectivity index (χ4v) is 2.87. The standard InChI is InChI=1S/C28H30O6/c1-5-20(4)28(31)34-27(21-8-12-25(13-9-21)32-18-16-23(29)6-2)22-10-14-26(15-11-22)33-19-17-24(30)7-3/h5-15,27H,2-3,16-19H2,1,4H3. The molecular formula is C28H30O6. The molecule has 0 N–H and O–H groups in total. The zero-order valence-corrected chi connectivity index (χ0v) is 19.6. The van der Waals surface area contributed by atoms with Gasteiger partial charge in [-0.15, -0.1) is 0 Å². The van der Waals surface area contributed by atoms with Gasteiger partial charge in [0.05, 0.1) is 13.2 Å². The molecule has 178 valence electrons. The summed E-state index contributed by atoms with van der Waals surface area (Å²) in [6.07, 6.45) is 4.11. The van der Waals surface area contributed by atoms with Gasteiger partial charge in [-0.05, 0) is 61.4 Å². The number of esters is 1. The van der Waals surface area contributed by atoms with Gasteiger partial charge in [-0.1, -0.05) is 43.5 Å². The number of allylic oxidation sites excluding steroid dienone is 3. The molecule has 0 unspecified atom stereocenters. The van der Waals surface area contributed by atoms with E-state index in [1.54, 1.807) is 44.2 Å². The zero-order chi connectivity index (χ0) is 24.9. The highest BCUT2D eigenvalue weighted by molar-refractivity contribution is 5.89. The molecule has 0 radical (unpaired) electrons. The SMILES string of the molecule is C=CC(=O)CCOc1ccc(C(OC(=O)C(C)=CC)c2ccc(OCCC(=O)C=C)cc2)cc1. The molecule has 0 saturated heterocycles. The Hall–Kier alpha value is -3.93. The van der Waals surface area contributed by atoms with E-state index in [2.05, 4.69) is 13.2 Å². The van der Waals surface area contributed by atoms with Gasteiger partial charge in [0.1, 0.15) is 11.5 Å². The van der Waals surface area contributed by atoms with E-state index in [0.29, 0.717) is 17.1 Å². The van der Waals surface area contributed by atoms with Gasteiger partial charge in [-0.25, -0.2) is 4.79 Å². The number of hydrogen-bond donors (Lipinski definition) is 0. The van der Waals surface area contributed by atoms with Crippen LogP contribution in [0.5, 0.6) is 11.5 Å². The van der Waals surface area contributed by atoms with Crippen molar-refractivity contribution in [2.45, 2.75) is 32.8 Å². The molecule has 0 aliphatic carbocycles. The van der Waals surface area contributed by atoms with Gasteiger partial charge in [0.25, 0.3) is 0 Å². The summed E-state index contributed by atoms with van der Waals surface area (Å²) < 4.78 is 17.0. The number of ether oxygens (including phenoxy) is 3. The largest absolute Gasteiger partial charge is 0.493 e. The van der Waals surface area contributed by atoms with Crippen molar-refractivity contribution in [3.05, 3.63) is 96.6 Å². The van der Waals surface area contributed by atoms with Crippen molar-refractivity contribution in [3.8, 4) is 11.5 Å². The molecule has 0 aromatic heterocycles. The van der Waals surface area contributed by atoms with Gasteiger partial charge in [0.15, 0.2) is 17.7 Å². The van der Waals surface area contributed by atoms with Crippen LogP contribution in [0.15, 0.2) is 85.5 Å². The summed E-state index contributed by atoms with van der Waals surface area (Å²) in [6.45, 7) is 10.9. The Labute approximate surface area is 200 Å². The van der Waals surface area contributed by atoms with Gasteiger partial charge in [0.2, 0.25) is 0 Å². The zero-order valence-electron chi connectivity index (χ0n) is 19.6. The van der Waals surface area contributed by atoms with Crippen molar-refractivity contribution in [1.82, 2.24) is 0 Å². The monoisotopic (exact) mass is 462 g/mol. The number of hydrogen-bond acceptors (Lipinski definition) is 6. The van der Waals surface area contributed by atoms with Crippen LogP contribution in [0.4, 0.5) is 0 Å². The summed E-state index contributed by atoms with van der Waals surface area (Å²) in [5.41, 5.74) is 2.03. The summed E-state index contributed by atoms with van der Waals surface area (Å²) in [5.74, 6) is 0.630. The smallest absolute Gasteiger partial charge is 0.334 e. The summed E-state index contributed by atoms with van der Waals surface area (Å²) in [6, 6.07) is 14.3. The maximum Gasteiger partial charge on any atom is 0.334 e. The van der Waals surface area contributed by atoms with E-state index >= 15 is 0 Å². The maximum atomic E-state index is 12.5. The molecule has 0 saturated carbocycles. The first-order valence-electron chi connectivity index (χ1n) is 11.0. The fourth-order valence-electron chi connectivity index (χ4n) is 2.87. The van der Waals surface area contributed by atoms with Crippen LogP contribution in [0, 0.1) is 0 Å². The van der Waals surface area contributed by atoms with Gasteiger partial charge in [-0.2, -0.15) is 0 Å². The lowest BCUT2D eigenvalue weighted by Crippen LogP contribution is -2.13. The summed E-state index contributed by atoms with van der Waals surface area (Å²) in [5, 5.41) is 0. The topological polar surface area (TPSA) is 78.9 Å². The summed E-state index contributed by atoms with van der Waals surface area (Å²) in [4.78, 5) is 35.2. The van der Waals surface area contributed by atoms with Crippen LogP contribution in [-0.4, -0.2) is 30.7 Å². The highest BCUT2D eigenvalue weighted by Crippen LogP contribution is 2.30. The van der Waals surface area contributed by atoms with Gasteiger partial charge in [-0.3, -0.25) is 9.59 Å². The van der Waals surface area contributed by atoms with Crippen molar-refractivity contribution in [2.24, 2.45) is 0 Å². The average molecular weight is 463 g/mol. The van der Waals surface area contributed by atoms with Crippen LogP contribution in [0.3, 0.4) is 0 Å². The summed E-state index contributed by atoms with van der Waals surface area (Å²) >= 11 is 0. The Kier molecular flexibility index (Phi) is 10.5. The molecule has 0 fully saturated rings. The molecule has 6 heteroatoms. The third-order valence-corrected chi connectivity index (χ3v) is 5.04. The Morgan fingerprint density at radius 3 is 1.56 bits per heavy atom. The molecule has 0 atom stereocenters. The quantitative estimate of drug-likeness (QED) is 0.279. The number of benzene rings is 2. The van der Waals surface area contributed by atoms with E-state index in [4.69, 9.17) is 14.2 Å². The second-order valence-electron chi connectivity index (χ2n) is 7.43. The van der Waals surface area contributed by atoms with Crippen molar-refractivity contribution in [3.63, 3.8) is 0 Å². The highest BCUT2D eigenvalue weighted by Gasteiger charge is 2.20. The van der Waals surface area contributed by atoms with Crippen LogP contribution >= 0.6 is 0 Å². The predicted octanol–water partition coefficient (Wildman–Crippen LogP) is 5.33. The molecule has 0 aliphatic heterocycles. The van der Waals surface area contributed by atoms with E-state index < -0.39 is 12.1 Å². The van der Waals surface area contributed by atoms with Crippen molar-refractivity contribution < 1.29 is 28.6 Å². The van der Waals surface area contributed by atoms with Crippen LogP contribution in [0.25, 0.3) is 0 Å². The first-order chi connectivity index (χ1) is 16.4. The average Bonchev–Trinajstić information content (AvgIpc) is 2.87. The number of rotatable bonds is 14. The van der Waals surface area contributed by atoms with Crippen molar-refractivity contribution in [1.29, 1.82) is 0 Å². The first kappa shape index (κ1) is 26.3. The van der Waals surface area contributed by atoms with Crippen LogP contribution in [-0.2, 0) is 19.1 Å². The molecule has 0 bridgehead atoms. The van der Waals surface area contributed by atoms with Crippen molar-refractivity contribution >= 4 is 17.5 Å². The molecule has 34 heavy (non-hydrogen) atoms. The minimum atomic E-state index is -0.643. The Morgan fingerprint density at radius 1 is 0.794 bits per heavy atom. The van der Waals surface area contributed by atoms with Crippen molar-refractivity contribution in [2.75, 3.05) is 13.2 Å². The van der Waals surface area contributed by atoms with E-state index in [1.165, 1.54) is 12.2 Å². The molecule has 2 aromatic rings. The highest BCUT2D eigenvalue weighted by atomic mass is 16.5. The third-order valence-electron chi connectivity index (χ3n) is 5.04. The number of carbonyl (C=O) groups is 3. The maximum absolute atomic E-state index is 12.5. The third kappa shape index (κ3) is 8.20. The van der Waals surface area contributed by atoms with Gasteiger partial charge in [0, 0.05) is 18.4 Å². The predicted molar refractivity (Wildman–Crippen MR) is 131 cm³/mol. The molecule has 6 nitrogen and oxygen atoms in total. The Morgan fingerprint density at radius 2 is 1.21 bits per heavy atom. The lowest BCUT2D eigenvalue weighted by molar-refractivity contribution is -0.142. The minimum absolute atomic E-state index is 0.0809. The van der Waals surface area contributed by atoms with E-state index in [9.17, 15) is 14.4 Å². The van der Waals surface area contributed by atoms with Crippen LogP contribution in [0.1, 0.15) is 43.9 Å². The van der Waals surface area contributed by atoms with Crippen LogP contribution in [0.2, 0.25) is 0 Å². The second-order valence-corrected chi connectivity index (χ2v) is 7.43. The molecule has 2 rings (SSSR count). The molecule has 0 aliphatic rings. The van der Waals surface area contributed by atoms with Crippen LogP contribution < -0.4 is 9.47 Å². The molecule has 0 heterocycles. The first-order valence-corrected chi connectivity index (χ1v) is 11.0. The summed E-state index contributed by atoms with van der Waals surface area (Å²) in [7, 11) is 0. The van der Waals surface area contributed by atoms with Gasteiger partial charge < -0.3 is 14.2 Å². The number of ketones is 2. The molecule has 0 spiro atoms. The van der Waals surface area contributed by atoms with E-state index in [-0.39, 0.29) is 37.6 Å².